The Morgan fingerprint density at radius 1 is 1.15 bits per heavy atom. The highest BCUT2D eigenvalue weighted by Crippen LogP contribution is 2.27. The quantitative estimate of drug-likeness (QED) is 0.529. The van der Waals surface area contributed by atoms with Gasteiger partial charge in [0.15, 0.2) is 5.78 Å². The number of carbonyl (C=O) groups excluding carboxylic acids is 1. The van der Waals surface area contributed by atoms with Gasteiger partial charge in [-0.15, -0.1) is 11.3 Å². The van der Waals surface area contributed by atoms with Gasteiger partial charge < -0.3 is 0 Å². The van der Waals surface area contributed by atoms with Crippen LogP contribution >= 0.6 is 11.3 Å². The van der Waals surface area contributed by atoms with Crippen LogP contribution in [0.5, 0.6) is 0 Å². The zero-order chi connectivity index (χ0) is 13.5. The third-order valence-corrected chi connectivity index (χ3v) is 4.26. The van der Waals surface area contributed by atoms with Gasteiger partial charge in [-0.25, -0.2) is 4.52 Å². The molecule has 0 saturated heterocycles. The fourth-order valence-electron chi connectivity index (χ4n) is 2.33. The first-order valence-corrected chi connectivity index (χ1v) is 7.01. The molecule has 0 N–H and O–H groups in total. The number of hydrogen-bond donors (Lipinski definition) is 0. The predicted octanol–water partition coefficient (Wildman–Crippen LogP) is 3.18. The van der Waals surface area contributed by atoms with Gasteiger partial charge in [0, 0.05) is 22.7 Å². The second-order valence-electron chi connectivity index (χ2n) is 4.44. The summed E-state index contributed by atoms with van der Waals surface area (Å²) in [4.78, 5) is 16.8. The first-order valence-electron chi connectivity index (χ1n) is 6.13. The summed E-state index contributed by atoms with van der Waals surface area (Å²) in [5, 5.41) is 7.28. The van der Waals surface area contributed by atoms with Crippen molar-refractivity contribution in [1.29, 1.82) is 0 Å². The summed E-state index contributed by atoms with van der Waals surface area (Å²) in [6.07, 6.45) is 6.65. The molecule has 4 rings (SSSR count). The molecule has 0 aliphatic carbocycles. The Morgan fingerprint density at radius 3 is 3.05 bits per heavy atom. The Morgan fingerprint density at radius 2 is 2.10 bits per heavy atom. The summed E-state index contributed by atoms with van der Waals surface area (Å²) in [7, 11) is 0. The minimum Gasteiger partial charge on any atom is -0.288 e. The monoisotopic (exact) mass is 279 g/mol. The van der Waals surface area contributed by atoms with E-state index < -0.39 is 0 Å². The van der Waals surface area contributed by atoms with Crippen LogP contribution in [-0.2, 0) is 0 Å². The fraction of sp³-hybridized carbons (Fsp3) is 0. The summed E-state index contributed by atoms with van der Waals surface area (Å²) in [5.74, 6) is -0.0129. The van der Waals surface area contributed by atoms with E-state index in [9.17, 15) is 4.79 Å². The lowest BCUT2D eigenvalue weighted by Crippen LogP contribution is -2.01. The van der Waals surface area contributed by atoms with Crippen molar-refractivity contribution in [3.8, 4) is 0 Å². The number of fused-ring (bicyclic) bond motifs is 2. The van der Waals surface area contributed by atoms with E-state index in [-0.39, 0.29) is 5.78 Å². The van der Waals surface area contributed by atoms with Crippen LogP contribution < -0.4 is 0 Å². The molecule has 0 unspecified atom stereocenters. The second-order valence-corrected chi connectivity index (χ2v) is 5.35. The van der Waals surface area contributed by atoms with Crippen LogP contribution in [0.1, 0.15) is 15.9 Å². The Bertz CT molecular complexity index is 938. The van der Waals surface area contributed by atoms with Gasteiger partial charge in [0.1, 0.15) is 0 Å². The first-order chi connectivity index (χ1) is 9.84. The van der Waals surface area contributed by atoms with Crippen LogP contribution in [0.4, 0.5) is 0 Å². The number of nitrogens with zero attached hydrogens (tertiary/aromatic N) is 3. The Hall–Kier alpha value is -2.53. The average Bonchev–Trinajstić information content (AvgIpc) is 3.12. The van der Waals surface area contributed by atoms with Gasteiger partial charge in [-0.2, -0.15) is 5.10 Å². The molecule has 0 atom stereocenters. The summed E-state index contributed by atoms with van der Waals surface area (Å²) < 4.78 is 2.68. The maximum absolute atomic E-state index is 12.8. The highest BCUT2D eigenvalue weighted by molar-refractivity contribution is 7.17. The van der Waals surface area contributed by atoms with E-state index in [1.807, 2.05) is 29.6 Å². The molecule has 0 aliphatic rings. The molecule has 20 heavy (non-hydrogen) atoms. The van der Waals surface area contributed by atoms with E-state index in [0.717, 1.165) is 21.2 Å². The Balaban J connectivity index is 1.94. The highest BCUT2D eigenvalue weighted by Gasteiger charge is 2.17. The Kier molecular flexibility index (Phi) is 2.40. The van der Waals surface area contributed by atoms with E-state index in [4.69, 9.17) is 0 Å². The fourth-order valence-corrected chi connectivity index (χ4v) is 3.24. The number of hydrogen-bond acceptors (Lipinski definition) is 4. The molecule has 3 aromatic heterocycles. The summed E-state index contributed by atoms with van der Waals surface area (Å²) in [5.41, 5.74) is 2.03. The van der Waals surface area contributed by atoms with E-state index in [2.05, 4.69) is 10.1 Å². The standard InChI is InChI=1S/C15H9N3OS/c19-14(11-3-1-2-10-4-7-20-15(10)11)12-8-17-18-6-5-16-9-13(12)18/h1-9H. The van der Waals surface area contributed by atoms with Crippen LogP contribution in [0.3, 0.4) is 0 Å². The summed E-state index contributed by atoms with van der Waals surface area (Å²) in [6, 6.07) is 7.81. The zero-order valence-electron chi connectivity index (χ0n) is 10.4. The number of benzene rings is 1. The number of carbonyl (C=O) groups is 1. The van der Waals surface area contributed by atoms with Crippen LogP contribution in [-0.4, -0.2) is 20.4 Å². The minimum atomic E-state index is -0.0129. The molecule has 0 amide bonds. The second kappa shape index (κ2) is 4.25. The molecule has 0 radical (unpaired) electrons. The number of aromatic nitrogens is 3. The molecule has 96 valence electrons. The van der Waals surface area contributed by atoms with E-state index >= 15 is 0 Å². The lowest BCUT2D eigenvalue weighted by Gasteiger charge is -2.01. The van der Waals surface area contributed by atoms with Crippen LogP contribution in [0.25, 0.3) is 15.6 Å². The summed E-state index contributed by atoms with van der Waals surface area (Å²) >= 11 is 1.58. The van der Waals surface area contributed by atoms with Crippen molar-refractivity contribution >= 4 is 32.7 Å². The summed E-state index contributed by atoms with van der Waals surface area (Å²) in [6.45, 7) is 0. The third kappa shape index (κ3) is 1.57. The van der Waals surface area contributed by atoms with Gasteiger partial charge in [0.05, 0.1) is 23.5 Å². The SMILES string of the molecule is O=C(c1cccc2ccsc12)c1cnn2ccncc12. The van der Waals surface area contributed by atoms with Gasteiger partial charge in [-0.05, 0) is 22.9 Å². The minimum absolute atomic E-state index is 0.0129. The average molecular weight is 279 g/mol. The number of thiophene rings is 1. The molecule has 4 nitrogen and oxygen atoms in total. The van der Waals surface area contributed by atoms with Gasteiger partial charge in [0.25, 0.3) is 0 Å². The van der Waals surface area contributed by atoms with Crippen molar-refractivity contribution < 1.29 is 4.79 Å². The zero-order valence-corrected chi connectivity index (χ0v) is 11.2. The maximum Gasteiger partial charge on any atom is 0.198 e. The van der Waals surface area contributed by atoms with Crippen molar-refractivity contribution in [1.82, 2.24) is 14.6 Å². The van der Waals surface area contributed by atoms with Gasteiger partial charge in [-0.1, -0.05) is 12.1 Å². The Labute approximate surface area is 118 Å². The van der Waals surface area contributed by atoms with Gasteiger partial charge >= 0.3 is 0 Å². The van der Waals surface area contributed by atoms with Crippen molar-refractivity contribution in [2.24, 2.45) is 0 Å². The largest absolute Gasteiger partial charge is 0.288 e. The van der Waals surface area contributed by atoms with Crippen molar-refractivity contribution in [2.75, 3.05) is 0 Å². The first kappa shape index (κ1) is 11.3. The topological polar surface area (TPSA) is 47.3 Å². The van der Waals surface area contributed by atoms with Crippen LogP contribution in [0, 0.1) is 0 Å². The molecule has 0 spiro atoms. The molecule has 0 saturated carbocycles. The molecule has 0 aliphatic heterocycles. The lowest BCUT2D eigenvalue weighted by atomic mass is 10.0. The predicted molar refractivity (Wildman–Crippen MR) is 78.2 cm³/mol. The smallest absolute Gasteiger partial charge is 0.198 e. The lowest BCUT2D eigenvalue weighted by molar-refractivity contribution is 0.104. The van der Waals surface area contributed by atoms with Crippen LogP contribution in [0.15, 0.2) is 54.4 Å². The molecular weight excluding hydrogens is 270 g/mol. The molecular formula is C15H9N3OS. The van der Waals surface area contributed by atoms with Gasteiger partial charge in [0.2, 0.25) is 0 Å². The molecule has 5 heteroatoms. The van der Waals surface area contributed by atoms with Crippen molar-refractivity contribution in [3.63, 3.8) is 0 Å². The van der Waals surface area contributed by atoms with Gasteiger partial charge in [-0.3, -0.25) is 9.78 Å². The highest BCUT2D eigenvalue weighted by atomic mass is 32.1. The third-order valence-electron chi connectivity index (χ3n) is 3.29. The molecule has 3 heterocycles. The number of rotatable bonds is 2. The maximum atomic E-state index is 12.8. The molecule has 0 fully saturated rings. The molecule has 1 aromatic carbocycles. The van der Waals surface area contributed by atoms with Crippen molar-refractivity contribution in [2.45, 2.75) is 0 Å². The van der Waals surface area contributed by atoms with E-state index in [1.165, 1.54) is 0 Å². The van der Waals surface area contributed by atoms with E-state index in [0.29, 0.717) is 5.56 Å². The van der Waals surface area contributed by atoms with Crippen molar-refractivity contribution in [3.05, 3.63) is 65.6 Å². The molecule has 4 aromatic rings. The number of ketones is 1. The van der Waals surface area contributed by atoms with E-state index in [1.54, 1.807) is 40.6 Å². The van der Waals surface area contributed by atoms with Crippen LogP contribution in [0.2, 0.25) is 0 Å². The normalized spacial score (nSPS) is 11.2. The molecule has 0 bridgehead atoms.